The Morgan fingerprint density at radius 3 is 1.12 bits per heavy atom. The summed E-state index contributed by atoms with van der Waals surface area (Å²) in [6, 6.07) is -1.37. The van der Waals surface area contributed by atoms with Crippen LogP contribution in [0.5, 0.6) is 0 Å². The first-order chi connectivity index (χ1) is 16.0. The molecule has 2 atom stereocenters. The molecule has 0 aromatic rings. The van der Waals surface area contributed by atoms with E-state index >= 15 is 0 Å². The zero-order valence-electron chi connectivity index (χ0n) is 19.2. The zero-order valence-corrected chi connectivity index (χ0v) is 19.2. The van der Waals surface area contributed by atoms with Crippen molar-refractivity contribution in [3.63, 3.8) is 0 Å². The third-order valence-electron chi connectivity index (χ3n) is 5.39. The predicted octanol–water partition coefficient (Wildman–Crippen LogP) is -4.84. The van der Waals surface area contributed by atoms with Crippen molar-refractivity contribution in [2.24, 2.45) is 0 Å². The number of piperazine rings is 1. The largest absolute Gasteiger partial charge is 0.367 e. The average Bonchev–Trinajstić information content (AvgIpc) is 2.69. The Balaban J connectivity index is 2.34. The van der Waals surface area contributed by atoms with Gasteiger partial charge in [-0.15, -0.1) is 0 Å². The topological polar surface area (TPSA) is 227 Å². The third kappa shape index (κ3) is 13.4. The van der Waals surface area contributed by atoms with Crippen molar-refractivity contribution in [1.29, 1.82) is 0 Å². The fourth-order valence-corrected chi connectivity index (χ4v) is 3.89. The highest BCUT2D eigenvalue weighted by molar-refractivity contribution is 5.96. The Hall–Kier alpha value is -1.46. The van der Waals surface area contributed by atoms with Gasteiger partial charge >= 0.3 is 0 Å². The molecule has 0 spiro atoms. The molecule has 2 unspecified atom stereocenters. The normalized spacial score (nSPS) is 19.2. The van der Waals surface area contributed by atoms with E-state index in [2.05, 4.69) is 10.6 Å². The molecule has 14 heteroatoms. The highest BCUT2D eigenvalue weighted by Gasteiger charge is 2.32. The smallest absolute Gasteiger partial charge is 0.243 e. The molecule has 1 rings (SSSR count). The third-order valence-corrected chi connectivity index (χ3v) is 5.39. The van der Waals surface area contributed by atoms with Gasteiger partial charge in [-0.3, -0.25) is 19.4 Å². The van der Waals surface area contributed by atoms with Gasteiger partial charge in [-0.05, 0) is 51.6 Å². The Morgan fingerprint density at radius 2 is 0.853 bits per heavy atom. The van der Waals surface area contributed by atoms with Crippen LogP contribution in [0, 0.1) is 0 Å². The Kier molecular flexibility index (Phi) is 14.6. The van der Waals surface area contributed by atoms with Crippen molar-refractivity contribution in [3.8, 4) is 0 Å². The van der Waals surface area contributed by atoms with Crippen LogP contribution in [0.4, 0.5) is 0 Å². The van der Waals surface area contributed by atoms with E-state index in [1.54, 1.807) is 0 Å². The highest BCUT2D eigenvalue weighted by atomic mass is 16.5. The van der Waals surface area contributed by atoms with Crippen molar-refractivity contribution in [1.82, 2.24) is 20.4 Å². The Morgan fingerprint density at radius 1 is 0.559 bits per heavy atom. The second-order valence-corrected chi connectivity index (χ2v) is 8.56. The first-order valence-corrected chi connectivity index (χ1v) is 11.5. The minimum Gasteiger partial charge on any atom is -0.367 e. The van der Waals surface area contributed by atoms with Crippen molar-refractivity contribution >= 4 is 11.8 Å². The van der Waals surface area contributed by atoms with E-state index in [-0.39, 0.29) is 38.0 Å². The van der Waals surface area contributed by atoms with Crippen LogP contribution < -0.4 is 10.6 Å². The average molecular weight is 497 g/mol. The molecule has 1 aliphatic rings. The lowest BCUT2D eigenvalue weighted by Gasteiger charge is -2.30. The van der Waals surface area contributed by atoms with Gasteiger partial charge in [0.05, 0.1) is 0 Å². The summed E-state index contributed by atoms with van der Waals surface area (Å²) >= 11 is 0. The van der Waals surface area contributed by atoms with Crippen LogP contribution in [0.25, 0.3) is 0 Å². The number of carbonyl (C=O) groups is 2. The minimum absolute atomic E-state index is 0.140. The molecule has 200 valence electrons. The van der Waals surface area contributed by atoms with Crippen molar-refractivity contribution in [2.45, 2.75) is 75.8 Å². The van der Waals surface area contributed by atoms with Gasteiger partial charge in [0.1, 0.15) is 12.1 Å². The highest BCUT2D eigenvalue weighted by Crippen LogP contribution is 2.11. The summed E-state index contributed by atoms with van der Waals surface area (Å²) in [6.45, 7) is 0.158. The van der Waals surface area contributed by atoms with E-state index < -0.39 is 37.2 Å². The molecule has 1 heterocycles. The van der Waals surface area contributed by atoms with Gasteiger partial charge in [0.2, 0.25) is 11.8 Å². The molecule has 1 aliphatic heterocycles. The van der Waals surface area contributed by atoms with E-state index in [1.165, 1.54) is 9.80 Å². The van der Waals surface area contributed by atoms with Gasteiger partial charge in [-0.25, -0.2) is 0 Å². The van der Waals surface area contributed by atoms with Crippen molar-refractivity contribution in [3.05, 3.63) is 0 Å². The number of carbonyl (C=O) groups excluding carboxylic acids is 2. The van der Waals surface area contributed by atoms with Gasteiger partial charge in [0.15, 0.2) is 25.2 Å². The summed E-state index contributed by atoms with van der Waals surface area (Å²) in [7, 11) is 0. The maximum atomic E-state index is 12.4. The van der Waals surface area contributed by atoms with E-state index in [9.17, 15) is 9.59 Å². The minimum atomic E-state index is -1.61. The van der Waals surface area contributed by atoms with Gasteiger partial charge in [0, 0.05) is 26.2 Å². The number of aliphatic hydroxyl groups excluding tert-OH is 4. The Bertz CT molecular complexity index is 524. The standard InChI is InChI=1S/C20H40N4O10/c25-15(26)9-23(10-16(27)28)7-3-1-5-13-19(33)22-14(20(34)21-13)6-2-4-8-24(11-17(29)30)12-18(31)32/h13-18,25-32H,1-12H2,(H,21,34)(H,22,33). The van der Waals surface area contributed by atoms with Crippen LogP contribution in [0.2, 0.25) is 0 Å². The molecule has 0 saturated carbocycles. The molecule has 10 N–H and O–H groups in total. The molecular weight excluding hydrogens is 456 g/mol. The van der Waals surface area contributed by atoms with Crippen molar-refractivity contribution < 1.29 is 50.4 Å². The maximum absolute atomic E-state index is 12.4. The zero-order chi connectivity index (χ0) is 25.7. The molecule has 0 aromatic heterocycles. The maximum Gasteiger partial charge on any atom is 0.243 e. The quantitative estimate of drug-likeness (QED) is 0.0637. The number of amides is 2. The number of unbranched alkanes of at least 4 members (excludes halogenated alkanes) is 2. The van der Waals surface area contributed by atoms with E-state index in [1.807, 2.05) is 0 Å². The molecule has 0 aliphatic carbocycles. The summed E-state index contributed by atoms with van der Waals surface area (Å²) in [6.07, 6.45) is -3.48. The first kappa shape index (κ1) is 30.6. The van der Waals surface area contributed by atoms with Gasteiger partial charge in [-0.2, -0.15) is 0 Å². The predicted molar refractivity (Wildman–Crippen MR) is 117 cm³/mol. The van der Waals surface area contributed by atoms with Crippen LogP contribution in [0.15, 0.2) is 0 Å². The second kappa shape index (κ2) is 16.3. The van der Waals surface area contributed by atoms with Crippen LogP contribution in [0.3, 0.4) is 0 Å². The summed E-state index contributed by atoms with van der Waals surface area (Å²) in [5, 5.41) is 77.9. The molecular formula is C20H40N4O10. The lowest BCUT2D eigenvalue weighted by Crippen LogP contribution is -2.61. The van der Waals surface area contributed by atoms with E-state index in [0.717, 1.165) is 0 Å². The molecule has 34 heavy (non-hydrogen) atoms. The number of rotatable bonds is 18. The van der Waals surface area contributed by atoms with E-state index in [4.69, 9.17) is 40.9 Å². The SMILES string of the molecule is O=C1NC(CCCCN(CC(O)O)CC(O)O)C(=O)NC1CCCCN(CC(O)O)CC(O)O. The summed E-state index contributed by atoms with van der Waals surface area (Å²) in [5.74, 6) is -0.599. The molecule has 0 bridgehead atoms. The molecule has 0 aromatic carbocycles. The lowest BCUT2D eigenvalue weighted by atomic mass is 10.0. The van der Waals surface area contributed by atoms with Gasteiger partial charge < -0.3 is 51.5 Å². The van der Waals surface area contributed by atoms with Crippen LogP contribution >= 0.6 is 0 Å². The van der Waals surface area contributed by atoms with Crippen molar-refractivity contribution in [2.75, 3.05) is 39.3 Å². The fraction of sp³-hybridized carbons (Fsp3) is 0.900. The summed E-state index contributed by atoms with van der Waals surface area (Å²) in [5.41, 5.74) is 0. The van der Waals surface area contributed by atoms with Gasteiger partial charge in [0.25, 0.3) is 0 Å². The number of nitrogens with zero attached hydrogens (tertiary/aromatic N) is 2. The number of hydrogen-bond acceptors (Lipinski definition) is 12. The van der Waals surface area contributed by atoms with Crippen LogP contribution in [-0.2, 0) is 9.59 Å². The number of nitrogens with one attached hydrogen (secondary N) is 2. The number of aliphatic hydroxyl groups is 8. The summed E-state index contributed by atoms with van der Waals surface area (Å²) < 4.78 is 0. The first-order valence-electron chi connectivity index (χ1n) is 11.5. The molecule has 14 nitrogen and oxygen atoms in total. The lowest BCUT2D eigenvalue weighted by molar-refractivity contribution is -0.137. The number of hydrogen-bond donors (Lipinski definition) is 10. The molecule has 0 radical (unpaired) electrons. The molecule has 1 saturated heterocycles. The van der Waals surface area contributed by atoms with Crippen LogP contribution in [0.1, 0.15) is 38.5 Å². The van der Waals surface area contributed by atoms with Gasteiger partial charge in [-0.1, -0.05) is 0 Å². The monoisotopic (exact) mass is 496 g/mol. The second-order valence-electron chi connectivity index (χ2n) is 8.56. The fourth-order valence-electron chi connectivity index (χ4n) is 3.89. The summed E-state index contributed by atoms with van der Waals surface area (Å²) in [4.78, 5) is 27.7. The molecule has 1 fully saturated rings. The van der Waals surface area contributed by atoms with Crippen LogP contribution in [-0.4, -0.2) is 139 Å². The van der Waals surface area contributed by atoms with E-state index in [0.29, 0.717) is 51.6 Å². The Labute approximate surface area is 198 Å². The molecule has 2 amide bonds.